The second-order valence-electron chi connectivity index (χ2n) is 0.762. The summed E-state index contributed by atoms with van der Waals surface area (Å²) in [5.41, 5.74) is 0. The Hall–Kier alpha value is -0.480. The molecule has 0 aromatic carbocycles. The van der Waals surface area contributed by atoms with Crippen molar-refractivity contribution < 1.29 is 9.35 Å². The first kappa shape index (κ1) is 6.52. The number of nitrogens with one attached hydrogen (secondary N) is 1. The number of hydrogen-bond acceptors (Lipinski definition) is 3. The highest BCUT2D eigenvalue weighted by Crippen LogP contribution is 1.79. The predicted molar refractivity (Wildman–Crippen MR) is 28.6 cm³/mol. The Labute approximate surface area is 45.8 Å². The molecule has 3 nitrogen and oxygen atoms in total. The van der Waals surface area contributed by atoms with E-state index in [1.165, 1.54) is 0 Å². The molecule has 0 rings (SSSR count). The van der Waals surface area contributed by atoms with E-state index in [0.29, 0.717) is 0 Å². The molecule has 40 valence electrons. The van der Waals surface area contributed by atoms with Gasteiger partial charge in [-0.2, -0.15) is 0 Å². The topological polar surface area (TPSA) is 49.3 Å². The first-order valence-corrected chi connectivity index (χ1v) is 2.31. The van der Waals surface area contributed by atoms with Crippen LogP contribution in [0, 0.1) is 0 Å². The van der Waals surface area contributed by atoms with E-state index < -0.39 is 5.91 Å². The molecule has 2 N–H and O–H groups in total. The number of rotatable bonds is 2. The summed E-state index contributed by atoms with van der Waals surface area (Å²) in [6, 6.07) is 0. The smallest absolute Gasteiger partial charge is 0.254 e. The van der Waals surface area contributed by atoms with Crippen molar-refractivity contribution in [2.75, 3.05) is 0 Å². The SMILES string of the molecule is C=CC(=O)NSO. The molecule has 1 amide bonds. The van der Waals surface area contributed by atoms with E-state index in [1.54, 1.807) is 0 Å². The molecule has 0 aliphatic carbocycles. The normalized spacial score (nSPS) is 7.57. The second-order valence-corrected chi connectivity index (χ2v) is 1.15. The lowest BCUT2D eigenvalue weighted by atomic mass is 10.6. The predicted octanol–water partition coefficient (Wildman–Crippen LogP) is 0.410. The molecule has 0 bridgehead atoms. The third-order valence-electron chi connectivity index (χ3n) is 0.332. The summed E-state index contributed by atoms with van der Waals surface area (Å²) in [5, 5.41) is 0. The average Bonchev–Trinajstić information content (AvgIpc) is 1.68. The molecule has 0 aliphatic heterocycles. The van der Waals surface area contributed by atoms with Gasteiger partial charge in [0.05, 0.1) is 0 Å². The van der Waals surface area contributed by atoms with Gasteiger partial charge in [0, 0.05) is 0 Å². The lowest BCUT2D eigenvalue weighted by molar-refractivity contribution is -0.114. The number of amides is 1. The number of hydrogen-bond donors (Lipinski definition) is 2. The molecule has 0 aromatic heterocycles. The van der Waals surface area contributed by atoms with E-state index in [0.717, 1.165) is 6.08 Å². The zero-order valence-electron chi connectivity index (χ0n) is 3.55. The molecule has 0 saturated heterocycles. The zero-order chi connectivity index (χ0) is 5.70. The van der Waals surface area contributed by atoms with Gasteiger partial charge in [-0.05, 0) is 6.08 Å². The number of carbonyl (C=O) groups is 1. The van der Waals surface area contributed by atoms with E-state index in [-0.39, 0.29) is 12.2 Å². The van der Waals surface area contributed by atoms with Crippen LogP contribution in [-0.2, 0) is 4.79 Å². The Morgan fingerprint density at radius 2 is 2.57 bits per heavy atom. The van der Waals surface area contributed by atoms with Gasteiger partial charge in [0.2, 0.25) is 0 Å². The molecule has 0 heterocycles. The fraction of sp³-hybridized carbons (Fsp3) is 0. The summed E-state index contributed by atoms with van der Waals surface area (Å²) in [7, 11) is 0. The van der Waals surface area contributed by atoms with Crippen molar-refractivity contribution in [1.29, 1.82) is 0 Å². The first-order chi connectivity index (χ1) is 3.31. The van der Waals surface area contributed by atoms with Gasteiger partial charge in [0.25, 0.3) is 5.91 Å². The summed E-state index contributed by atoms with van der Waals surface area (Å²) in [5.74, 6) is -0.396. The van der Waals surface area contributed by atoms with Gasteiger partial charge in [0.1, 0.15) is 12.2 Å². The Morgan fingerprint density at radius 1 is 2.00 bits per heavy atom. The summed E-state index contributed by atoms with van der Waals surface area (Å²) >= 11 is 0.264. The van der Waals surface area contributed by atoms with Crippen LogP contribution in [0.5, 0.6) is 0 Å². The Kier molecular flexibility index (Phi) is 3.45. The molecular formula is C3H5NO2S. The highest BCUT2D eigenvalue weighted by molar-refractivity contribution is 7.92. The van der Waals surface area contributed by atoms with E-state index in [2.05, 4.69) is 6.58 Å². The second kappa shape index (κ2) is 3.70. The van der Waals surface area contributed by atoms with Crippen molar-refractivity contribution in [3.8, 4) is 0 Å². The van der Waals surface area contributed by atoms with E-state index >= 15 is 0 Å². The van der Waals surface area contributed by atoms with Gasteiger partial charge in [-0.15, -0.1) is 0 Å². The molecule has 0 radical (unpaired) electrons. The van der Waals surface area contributed by atoms with Crippen LogP contribution in [0.25, 0.3) is 0 Å². The van der Waals surface area contributed by atoms with Crippen molar-refractivity contribution in [1.82, 2.24) is 4.72 Å². The highest BCUT2D eigenvalue weighted by atomic mass is 32.2. The van der Waals surface area contributed by atoms with Gasteiger partial charge in [-0.3, -0.25) is 9.52 Å². The molecular weight excluding hydrogens is 114 g/mol. The molecule has 0 aromatic rings. The molecule has 0 fully saturated rings. The summed E-state index contributed by atoms with van der Waals surface area (Å²) in [4.78, 5) is 10.0. The quantitative estimate of drug-likeness (QED) is 0.314. The van der Waals surface area contributed by atoms with Crippen LogP contribution < -0.4 is 4.72 Å². The van der Waals surface area contributed by atoms with Crippen molar-refractivity contribution in [2.24, 2.45) is 0 Å². The van der Waals surface area contributed by atoms with Crippen LogP contribution in [0.4, 0.5) is 0 Å². The van der Waals surface area contributed by atoms with Crippen molar-refractivity contribution in [3.05, 3.63) is 12.7 Å². The van der Waals surface area contributed by atoms with Crippen molar-refractivity contribution in [3.63, 3.8) is 0 Å². The molecule has 0 aliphatic rings. The largest absolute Gasteiger partial charge is 0.312 e. The molecule has 0 saturated carbocycles. The van der Waals surface area contributed by atoms with E-state index in [4.69, 9.17) is 4.55 Å². The maximum atomic E-state index is 10.0. The maximum Gasteiger partial charge on any atom is 0.254 e. The number of carbonyl (C=O) groups excluding carboxylic acids is 1. The lowest BCUT2D eigenvalue weighted by Crippen LogP contribution is -2.10. The zero-order valence-corrected chi connectivity index (χ0v) is 4.36. The monoisotopic (exact) mass is 119 g/mol. The van der Waals surface area contributed by atoms with Gasteiger partial charge >= 0.3 is 0 Å². The fourth-order valence-electron chi connectivity index (χ4n) is 0.0867. The molecule has 0 spiro atoms. The van der Waals surface area contributed by atoms with Gasteiger partial charge in [-0.1, -0.05) is 6.58 Å². The van der Waals surface area contributed by atoms with Crippen LogP contribution in [-0.4, -0.2) is 10.5 Å². The van der Waals surface area contributed by atoms with Crippen LogP contribution in [0.1, 0.15) is 0 Å². The summed E-state index contributed by atoms with van der Waals surface area (Å²) in [6.45, 7) is 3.14. The fourth-order valence-corrected chi connectivity index (χ4v) is 0.260. The Bertz CT molecular complexity index is 83.0. The van der Waals surface area contributed by atoms with Gasteiger partial charge in [-0.25, -0.2) is 0 Å². The third-order valence-corrected chi connectivity index (χ3v) is 0.624. The van der Waals surface area contributed by atoms with Crippen LogP contribution in [0.2, 0.25) is 0 Å². The van der Waals surface area contributed by atoms with Gasteiger partial charge in [0.15, 0.2) is 0 Å². The van der Waals surface area contributed by atoms with Crippen molar-refractivity contribution >= 4 is 18.1 Å². The molecule has 4 heteroatoms. The van der Waals surface area contributed by atoms with E-state index in [1.807, 2.05) is 4.72 Å². The minimum Gasteiger partial charge on any atom is -0.312 e. The van der Waals surface area contributed by atoms with Crippen LogP contribution >= 0.6 is 12.2 Å². The van der Waals surface area contributed by atoms with Crippen LogP contribution in [0.15, 0.2) is 12.7 Å². The lowest BCUT2D eigenvalue weighted by Gasteiger charge is -1.87. The Balaban J connectivity index is 3.17. The summed E-state index contributed by atoms with van der Waals surface area (Å²) in [6.07, 6.45) is 1.07. The molecule has 7 heavy (non-hydrogen) atoms. The summed E-state index contributed by atoms with van der Waals surface area (Å²) < 4.78 is 9.92. The average molecular weight is 119 g/mol. The van der Waals surface area contributed by atoms with Gasteiger partial charge < -0.3 is 4.55 Å². The van der Waals surface area contributed by atoms with Crippen LogP contribution in [0.3, 0.4) is 0 Å². The third kappa shape index (κ3) is 3.35. The molecule has 0 unspecified atom stereocenters. The maximum absolute atomic E-state index is 10.0. The van der Waals surface area contributed by atoms with E-state index in [9.17, 15) is 4.79 Å². The molecule has 0 atom stereocenters. The standard InChI is InChI=1S/C3H5NO2S/c1-2-3(5)4-7-6/h2,6H,1H2,(H,4,5). The minimum atomic E-state index is -0.396. The minimum absolute atomic E-state index is 0.264. The first-order valence-electron chi connectivity index (χ1n) is 1.54. The Morgan fingerprint density at radius 3 is 2.71 bits per heavy atom. The highest BCUT2D eigenvalue weighted by Gasteiger charge is 1.86. The van der Waals surface area contributed by atoms with Crippen molar-refractivity contribution in [2.45, 2.75) is 0 Å².